The molecular weight excluding hydrogens is 1950 g/mol. The van der Waals surface area contributed by atoms with Gasteiger partial charge in [-0.25, -0.2) is 76.2 Å². The Hall–Kier alpha value is -9.52. The van der Waals surface area contributed by atoms with Crippen molar-refractivity contribution >= 4 is 115 Å². The van der Waals surface area contributed by atoms with E-state index < -0.39 is 319 Å². The maximum atomic E-state index is 14.3. The second kappa shape index (κ2) is 47.3. The van der Waals surface area contributed by atoms with Crippen LogP contribution in [-0.2, 0) is 18.9 Å². The Bertz CT molecular complexity index is 9020. The van der Waals surface area contributed by atoms with Crippen LogP contribution in [0.2, 0.25) is 0 Å². The second-order valence-corrected chi connectivity index (χ2v) is 35.1. The molecular formula is C96H124F4N24O16S4. The fourth-order valence-corrected chi connectivity index (χ4v) is 16.5. The Kier molecular flexibility index (Phi) is 20.4. The summed E-state index contributed by atoms with van der Waals surface area (Å²) in [6, 6.07) is -3.29. The van der Waals surface area contributed by atoms with Gasteiger partial charge in [0.2, 0.25) is 0 Å². The van der Waals surface area contributed by atoms with Crippen molar-refractivity contribution < 1.29 is 161 Å². The summed E-state index contributed by atoms with van der Waals surface area (Å²) < 4.78 is 461. The van der Waals surface area contributed by atoms with Gasteiger partial charge in [0.1, 0.15) is 71.9 Å². The van der Waals surface area contributed by atoms with Crippen molar-refractivity contribution in [2.45, 2.75) is 298 Å². The predicted molar refractivity (Wildman–Crippen MR) is 530 cm³/mol. The number of rotatable bonds is 40. The van der Waals surface area contributed by atoms with E-state index in [1.165, 1.54) is 51.1 Å². The third kappa shape index (κ3) is 23.8. The van der Waals surface area contributed by atoms with Crippen LogP contribution in [0.1, 0.15) is 260 Å². The molecule has 0 aliphatic heterocycles. The molecule has 4 aromatic carbocycles. The molecule has 16 N–H and O–H groups in total. The van der Waals surface area contributed by atoms with Crippen LogP contribution >= 0.6 is 47.0 Å². The Morgan fingerprint density at radius 1 is 0.361 bits per heavy atom. The van der Waals surface area contributed by atoms with Crippen molar-refractivity contribution in [3.63, 3.8) is 0 Å². The molecule has 8 aliphatic rings. The van der Waals surface area contributed by atoms with Crippen molar-refractivity contribution in [1.29, 1.82) is 0 Å². The molecule has 20 rings (SSSR count). The number of nitrogens with one attached hydrogen (secondary N) is 4. The molecule has 8 fully saturated rings. The Labute approximate surface area is 908 Å². The average Bonchev–Trinajstić information content (AvgIpc) is 1.49. The summed E-state index contributed by atoms with van der Waals surface area (Å²) in [7, 11) is 0. The number of halogens is 4. The minimum absolute atomic E-state index is 0.0386. The quantitative estimate of drug-likeness (QED) is 0.00969. The summed E-state index contributed by atoms with van der Waals surface area (Å²) in [4.78, 5) is 33.5. The van der Waals surface area contributed by atoms with Crippen LogP contribution in [0.4, 0.5) is 40.8 Å². The van der Waals surface area contributed by atoms with Crippen LogP contribution in [0.25, 0.3) is 44.7 Å². The van der Waals surface area contributed by atoms with Crippen molar-refractivity contribution in [2.24, 2.45) is 0 Å². The van der Waals surface area contributed by atoms with E-state index in [4.69, 9.17) is 77.3 Å². The number of nitrogens with zero attached hydrogens (tertiary/aromatic N) is 20. The fraction of sp³-hybridized carbons (Fsp3) is 0.583. The lowest BCUT2D eigenvalue weighted by Crippen LogP contribution is -2.33. The topological polar surface area (TPSA) is 554 Å². The van der Waals surface area contributed by atoms with E-state index in [2.05, 4.69) is 107 Å². The zero-order valence-electron chi connectivity index (χ0n) is 123. The number of aliphatic hydroxyl groups is 12. The highest BCUT2D eigenvalue weighted by Crippen LogP contribution is 2.50. The lowest BCUT2D eigenvalue weighted by Gasteiger charge is -2.17. The molecule has 0 bridgehead atoms. The van der Waals surface area contributed by atoms with E-state index in [0.717, 1.165) is 6.92 Å². The fourth-order valence-electron chi connectivity index (χ4n) is 14.4. The molecule has 8 heterocycles. The smallest absolute Gasteiger partial charge is 0.191 e. The summed E-state index contributed by atoms with van der Waals surface area (Å²) in [6.45, 7) is -7.40. The second-order valence-electron chi connectivity index (χ2n) is 31.8. The minimum atomic E-state index is -4.33. The molecule has 8 aliphatic carbocycles. The molecule has 0 unspecified atom stereocenters. The van der Waals surface area contributed by atoms with Crippen molar-refractivity contribution in [1.82, 2.24) is 99.8 Å². The molecule has 0 spiro atoms. The SMILES string of the molecule is [2H]C([2H])(C)C([2H])([2H])Sc1nc(N[C@]2([2H])C[C@H]2c2ccc(C)c(F)c2)c2nnn([C@]3([2H])C([2H])([2H])[C@]([2H])(OCCO)[C@@]([2H])(O)[C@@]3([2H])O)c2n1.[2H]C([2H])(CC)Sc1nc(N[C@]2([2H])C[C@H]2c2ccc(C)c(F)c2)c2nnn([C@]3([2H])C([2H])([2H])[C@]([2H])(OC([2H])([2H])C([2H])([2H])O)[C@@]([2H])(O)[C@@]3([2H])O)c2n1.[2H]C([2H])(CO)O[C@@]1([2H])C([2H])([2H])[C@@]([2H])(n2nnc3c(N[C@]4([2H])C[C@H]4c4ccc(C)c(F)c4)nc(SC([2H])([2H])CC)nc32)[C@]([2H])(O)[C@]1([2H])O.[2H]C([2H])(O)CO[C@@]1([2H])C([2H])([2H])[C@@]([2H])(n2nnc3c(N[C@]4([2H])C[C@H]4c4ccc(C)c(F)c4)nc(SC([2H])([2H])CC)nc32)[C@]([2H])(O)[C@]1([2H])O. The highest BCUT2D eigenvalue weighted by atomic mass is 32.2. The summed E-state index contributed by atoms with van der Waals surface area (Å²) in [5.41, 5.74) is -9.53. The number of fused-ring (bicyclic) bond motifs is 4. The maximum Gasteiger partial charge on any atom is 0.191 e. The van der Waals surface area contributed by atoms with Crippen LogP contribution in [0, 0.1) is 51.0 Å². The first kappa shape index (κ1) is 62.1. The van der Waals surface area contributed by atoms with Gasteiger partial charge in [0.15, 0.2) is 88.6 Å². The van der Waals surface area contributed by atoms with Gasteiger partial charge in [-0.1, -0.05) is 144 Å². The van der Waals surface area contributed by atoms with Crippen molar-refractivity contribution in [3.05, 3.63) is 141 Å². The number of benzene rings is 4. The third-order valence-corrected chi connectivity index (χ3v) is 25.1. The Balaban J connectivity index is 0.000000165. The van der Waals surface area contributed by atoms with Crippen LogP contribution in [0.15, 0.2) is 93.4 Å². The molecule has 0 amide bonds. The standard InChI is InChI=1S/4C24H31FN6O4S/c4*1-3-8-36-24-27-22(26-16-10-14(16)13-5-4-12(2)15(25)9-13)19-23(28-24)31(30-29-19)17-11-18(35-7-6-32)21(34)20(17)33/h4*4-5,9,14,16-18,20-21,32-34H,3,6-8,10-11H2,1-2H3,(H,26,27,28)/t4*14-,16+,17+,18-,20-,21+/m0000/s1/i6D2,7D2,8D2,11D2,16D,17D,18D,20D,21D;7D2,8D2,11D2,16D,17D,18D,20D,21D;6D2,8D2,11D2,16D,17D,18D,20D,21D;3D2,8D2,11D2,16D,17D,18D,20D,21D. The first-order valence-electron chi connectivity index (χ1n) is 66.6. The molecule has 8 aromatic heterocycles. The zero-order valence-corrected chi connectivity index (χ0v) is 79.9. The highest BCUT2D eigenvalue weighted by molar-refractivity contribution is 7.99. The zero-order chi connectivity index (χ0) is 143. The summed E-state index contributed by atoms with van der Waals surface area (Å²) in [6.07, 6.45) is -66.0. The number of aromatic nitrogens is 20. The maximum absolute atomic E-state index is 14.3. The van der Waals surface area contributed by atoms with Crippen molar-refractivity contribution in [2.75, 3.05) is 96.8 Å². The Morgan fingerprint density at radius 2 is 0.632 bits per heavy atom. The number of hydrogen-bond acceptors (Lipinski definition) is 40. The van der Waals surface area contributed by atoms with Gasteiger partial charge in [-0.05, 0) is 148 Å². The predicted octanol–water partition coefficient (Wildman–Crippen LogP) is 8.73. The van der Waals surface area contributed by atoms with Crippen LogP contribution < -0.4 is 21.3 Å². The van der Waals surface area contributed by atoms with Gasteiger partial charge in [0.25, 0.3) is 0 Å². The van der Waals surface area contributed by atoms with E-state index in [1.807, 2.05) is 0 Å². The Morgan fingerprint density at radius 3 is 0.882 bits per heavy atom. The van der Waals surface area contributed by atoms with Gasteiger partial charge in [0.05, 0.1) is 139 Å². The number of ether oxygens (including phenoxy) is 4. The van der Waals surface area contributed by atoms with Crippen LogP contribution in [0.5, 0.6) is 0 Å². The number of anilines is 4. The average molecular weight is 2120 g/mol. The molecule has 0 saturated heterocycles. The summed E-state index contributed by atoms with van der Waals surface area (Å²) in [5, 5.41) is 166. The van der Waals surface area contributed by atoms with E-state index in [-0.39, 0.29) is 120 Å². The monoisotopic (exact) mass is 2120 g/mol. The summed E-state index contributed by atoms with van der Waals surface area (Å²) in [5.74, 6) is -5.42. The first-order valence-corrected chi connectivity index (χ1v) is 46.9. The van der Waals surface area contributed by atoms with E-state index in [1.54, 1.807) is 70.2 Å². The molecule has 0 radical (unpaired) electrons. The van der Waals surface area contributed by atoms with Gasteiger partial charge in [-0.2, -0.15) is 0 Å². The van der Waals surface area contributed by atoms with Crippen molar-refractivity contribution in [3.8, 4) is 0 Å². The molecule has 12 aromatic rings. The minimum Gasteiger partial charge on any atom is -0.394 e. The first-order chi connectivity index (χ1) is 86.0. The van der Waals surface area contributed by atoms with E-state index in [0.29, 0.717) is 79.8 Å². The van der Waals surface area contributed by atoms with Crippen LogP contribution in [0.3, 0.4) is 0 Å². The van der Waals surface area contributed by atoms with Gasteiger partial charge in [-0.15, -0.1) is 20.4 Å². The molecule has 8 saturated carbocycles. The van der Waals surface area contributed by atoms with Gasteiger partial charge in [-0.3, -0.25) is 0 Å². The lowest BCUT2D eigenvalue weighted by molar-refractivity contribution is -0.0629. The number of hydrogen-bond donors (Lipinski definition) is 16. The lowest BCUT2D eigenvalue weighted by atomic mass is 10.1. The van der Waals surface area contributed by atoms with Gasteiger partial charge < -0.3 is 101 Å². The van der Waals surface area contributed by atoms with Crippen LogP contribution in [-0.4, -0.2) is 334 Å². The van der Waals surface area contributed by atoms with Gasteiger partial charge in [0, 0.05) is 121 Å². The van der Waals surface area contributed by atoms with E-state index >= 15 is 0 Å². The number of thioether (sulfide) groups is 4. The largest absolute Gasteiger partial charge is 0.394 e. The highest BCUT2D eigenvalue weighted by Gasteiger charge is 2.51. The van der Waals surface area contributed by atoms with E-state index in [9.17, 15) is 78.8 Å². The molecule has 776 valence electrons. The molecule has 144 heavy (non-hydrogen) atoms. The summed E-state index contributed by atoms with van der Waals surface area (Å²) >= 11 is 1.60. The number of aliphatic hydroxyl groups excluding tert-OH is 2. The van der Waals surface area contributed by atoms with Gasteiger partial charge >= 0.3 is 0 Å². The molecule has 48 heteroatoms. The molecule has 40 nitrogen and oxygen atoms in total. The molecule has 24 atom stereocenters. The number of aryl methyl sites for hydroxylation is 4. The third-order valence-electron chi connectivity index (χ3n) is 22.0. The normalized spacial score (nSPS) is 44.8.